The molecule has 0 bridgehead atoms. The first kappa shape index (κ1) is 18.4. The minimum absolute atomic E-state index is 0. The molecule has 4 heteroatoms. The van der Waals surface area contributed by atoms with E-state index in [0.717, 1.165) is 5.96 Å². The lowest BCUT2D eigenvalue weighted by Gasteiger charge is -2.24. The van der Waals surface area contributed by atoms with Gasteiger partial charge in [0.15, 0.2) is 5.96 Å². The van der Waals surface area contributed by atoms with Crippen LogP contribution in [0.5, 0.6) is 0 Å². The molecule has 0 heterocycles. The van der Waals surface area contributed by atoms with Gasteiger partial charge in [0.1, 0.15) is 0 Å². The second-order valence-corrected chi connectivity index (χ2v) is 5.59. The Morgan fingerprint density at radius 2 is 1.81 bits per heavy atom. The van der Waals surface area contributed by atoms with Crippen molar-refractivity contribution in [1.29, 1.82) is 0 Å². The minimum Gasteiger partial charge on any atom is -0.354 e. The molecule has 0 fully saturated rings. The highest BCUT2D eigenvalue weighted by Gasteiger charge is 2.13. The van der Waals surface area contributed by atoms with E-state index in [1.807, 2.05) is 26.0 Å². The molecule has 0 amide bonds. The van der Waals surface area contributed by atoms with E-state index in [2.05, 4.69) is 38.0 Å². The first-order valence-electron chi connectivity index (χ1n) is 5.67. The third kappa shape index (κ3) is 9.24. The average molecular weight is 341 g/mol. The van der Waals surface area contributed by atoms with Gasteiger partial charge in [0.25, 0.3) is 0 Å². The zero-order valence-corrected chi connectivity index (χ0v) is 14.1. The van der Waals surface area contributed by atoms with Crippen LogP contribution in [0.2, 0.25) is 0 Å². The van der Waals surface area contributed by atoms with Gasteiger partial charge < -0.3 is 10.2 Å². The lowest BCUT2D eigenvalue weighted by Crippen LogP contribution is -2.41. The maximum atomic E-state index is 4.20. The van der Waals surface area contributed by atoms with E-state index < -0.39 is 0 Å². The van der Waals surface area contributed by atoms with Gasteiger partial charge >= 0.3 is 0 Å². The predicted octanol–water partition coefficient (Wildman–Crippen LogP) is 2.96. The Morgan fingerprint density at radius 3 is 2.12 bits per heavy atom. The maximum absolute atomic E-state index is 4.20. The van der Waals surface area contributed by atoms with Gasteiger partial charge in [0, 0.05) is 27.2 Å². The van der Waals surface area contributed by atoms with E-state index in [4.69, 9.17) is 0 Å². The smallest absolute Gasteiger partial charge is 0.193 e. The van der Waals surface area contributed by atoms with Gasteiger partial charge in [-0.25, -0.2) is 0 Å². The topological polar surface area (TPSA) is 27.6 Å². The highest BCUT2D eigenvalue weighted by Crippen LogP contribution is 2.21. The van der Waals surface area contributed by atoms with Crippen molar-refractivity contribution in [2.75, 3.05) is 21.1 Å². The van der Waals surface area contributed by atoms with Gasteiger partial charge in [-0.2, -0.15) is 0 Å². The summed E-state index contributed by atoms with van der Waals surface area (Å²) in [7, 11) is 5.83. The third-order valence-corrected chi connectivity index (χ3v) is 2.34. The van der Waals surface area contributed by atoms with Gasteiger partial charge in [-0.1, -0.05) is 20.8 Å². The lowest BCUT2D eigenvalue weighted by molar-refractivity contribution is 0.344. The SMILES string of the molecule is CN=C(NC(C)CCC(C)(C)C)N(C)C.I. The van der Waals surface area contributed by atoms with Gasteiger partial charge in [-0.05, 0) is 25.2 Å². The molecule has 1 atom stereocenters. The van der Waals surface area contributed by atoms with Crippen LogP contribution < -0.4 is 5.32 Å². The van der Waals surface area contributed by atoms with Crippen LogP contribution in [0.4, 0.5) is 0 Å². The molecule has 16 heavy (non-hydrogen) atoms. The zero-order valence-electron chi connectivity index (χ0n) is 11.8. The zero-order chi connectivity index (χ0) is 12.1. The number of halogens is 1. The summed E-state index contributed by atoms with van der Waals surface area (Å²) in [4.78, 5) is 6.21. The van der Waals surface area contributed by atoms with E-state index >= 15 is 0 Å². The number of hydrogen-bond acceptors (Lipinski definition) is 1. The van der Waals surface area contributed by atoms with Crippen molar-refractivity contribution >= 4 is 29.9 Å². The second kappa shape index (κ2) is 8.14. The van der Waals surface area contributed by atoms with Crippen LogP contribution in [0.3, 0.4) is 0 Å². The summed E-state index contributed by atoms with van der Waals surface area (Å²) >= 11 is 0. The predicted molar refractivity (Wildman–Crippen MR) is 83.7 cm³/mol. The fourth-order valence-electron chi connectivity index (χ4n) is 1.34. The van der Waals surface area contributed by atoms with E-state index in [1.54, 1.807) is 0 Å². The van der Waals surface area contributed by atoms with Crippen LogP contribution in [0, 0.1) is 5.41 Å². The molecule has 0 aromatic rings. The molecule has 1 N–H and O–H groups in total. The van der Waals surface area contributed by atoms with E-state index in [1.165, 1.54) is 12.8 Å². The number of hydrogen-bond donors (Lipinski definition) is 1. The second-order valence-electron chi connectivity index (χ2n) is 5.59. The van der Waals surface area contributed by atoms with Crippen molar-refractivity contribution in [3.63, 3.8) is 0 Å². The molecule has 0 saturated heterocycles. The van der Waals surface area contributed by atoms with Crippen molar-refractivity contribution in [3.8, 4) is 0 Å². The van der Waals surface area contributed by atoms with Crippen molar-refractivity contribution in [2.24, 2.45) is 10.4 Å². The quantitative estimate of drug-likeness (QED) is 0.486. The van der Waals surface area contributed by atoms with Crippen LogP contribution in [-0.4, -0.2) is 38.0 Å². The number of rotatable bonds is 3. The molecular formula is C12H28IN3. The Labute approximate surface area is 118 Å². The lowest BCUT2D eigenvalue weighted by atomic mass is 9.89. The summed E-state index contributed by atoms with van der Waals surface area (Å²) in [5.74, 6) is 0.955. The van der Waals surface area contributed by atoms with Gasteiger partial charge in [-0.3, -0.25) is 4.99 Å². The normalized spacial score (nSPS) is 14.1. The van der Waals surface area contributed by atoms with Crippen LogP contribution in [0.1, 0.15) is 40.5 Å². The largest absolute Gasteiger partial charge is 0.354 e. The van der Waals surface area contributed by atoms with E-state index in [9.17, 15) is 0 Å². The van der Waals surface area contributed by atoms with Crippen LogP contribution in [0.15, 0.2) is 4.99 Å². The number of aliphatic imine (C=N–C) groups is 1. The number of nitrogens with zero attached hydrogens (tertiary/aromatic N) is 2. The summed E-state index contributed by atoms with van der Waals surface area (Å²) in [6.45, 7) is 9.04. The molecule has 0 spiro atoms. The molecule has 0 rings (SSSR count). The first-order valence-corrected chi connectivity index (χ1v) is 5.67. The Kier molecular flexibility index (Phi) is 9.35. The summed E-state index contributed by atoms with van der Waals surface area (Å²) in [5.41, 5.74) is 0.414. The summed E-state index contributed by atoms with van der Waals surface area (Å²) in [5, 5.41) is 3.41. The summed E-state index contributed by atoms with van der Waals surface area (Å²) in [6.07, 6.45) is 2.40. The Balaban J connectivity index is 0. The molecule has 3 nitrogen and oxygen atoms in total. The highest BCUT2D eigenvalue weighted by molar-refractivity contribution is 14.0. The fraction of sp³-hybridized carbons (Fsp3) is 0.917. The monoisotopic (exact) mass is 341 g/mol. The van der Waals surface area contributed by atoms with Crippen molar-refractivity contribution in [3.05, 3.63) is 0 Å². The summed E-state index contributed by atoms with van der Waals surface area (Å²) in [6, 6.07) is 0.477. The third-order valence-electron chi connectivity index (χ3n) is 2.34. The van der Waals surface area contributed by atoms with Crippen molar-refractivity contribution in [2.45, 2.75) is 46.6 Å². The Hall–Kier alpha value is 0. The average Bonchev–Trinajstić information content (AvgIpc) is 2.09. The molecule has 0 aliphatic rings. The number of nitrogens with one attached hydrogen (secondary N) is 1. The van der Waals surface area contributed by atoms with Crippen molar-refractivity contribution in [1.82, 2.24) is 10.2 Å². The Morgan fingerprint density at radius 1 is 1.31 bits per heavy atom. The van der Waals surface area contributed by atoms with Crippen LogP contribution in [0.25, 0.3) is 0 Å². The van der Waals surface area contributed by atoms with Gasteiger partial charge in [0.05, 0.1) is 0 Å². The molecule has 0 aromatic heterocycles. The summed E-state index contributed by atoms with van der Waals surface area (Å²) < 4.78 is 0. The van der Waals surface area contributed by atoms with Crippen LogP contribution >= 0.6 is 24.0 Å². The van der Waals surface area contributed by atoms with Gasteiger partial charge in [0.2, 0.25) is 0 Å². The fourth-order valence-corrected chi connectivity index (χ4v) is 1.34. The first-order chi connectivity index (χ1) is 6.76. The standard InChI is InChI=1S/C12H27N3.HI/c1-10(8-9-12(2,3)4)14-11(13-5)15(6)7;/h10H,8-9H2,1-7H3,(H,13,14);1H. The van der Waals surface area contributed by atoms with Crippen molar-refractivity contribution < 1.29 is 0 Å². The minimum atomic E-state index is 0. The molecular weight excluding hydrogens is 313 g/mol. The number of guanidine groups is 1. The molecule has 0 aliphatic heterocycles. The molecule has 0 saturated carbocycles. The molecule has 1 unspecified atom stereocenters. The van der Waals surface area contributed by atoms with Gasteiger partial charge in [-0.15, -0.1) is 24.0 Å². The molecule has 0 radical (unpaired) electrons. The van der Waals surface area contributed by atoms with E-state index in [0.29, 0.717) is 11.5 Å². The Bertz CT molecular complexity index is 207. The van der Waals surface area contributed by atoms with E-state index in [-0.39, 0.29) is 24.0 Å². The maximum Gasteiger partial charge on any atom is 0.193 e. The molecule has 98 valence electrons. The van der Waals surface area contributed by atoms with Crippen LogP contribution in [-0.2, 0) is 0 Å². The molecule has 0 aliphatic carbocycles. The molecule has 0 aromatic carbocycles. The highest BCUT2D eigenvalue weighted by atomic mass is 127.